The van der Waals surface area contributed by atoms with Gasteiger partial charge < -0.3 is 9.80 Å². The third-order valence-electron chi connectivity index (χ3n) is 16.3. The summed E-state index contributed by atoms with van der Waals surface area (Å²) in [5, 5.41) is 2.39. The van der Waals surface area contributed by atoms with Crippen molar-refractivity contribution in [1.29, 1.82) is 0 Å². The minimum atomic E-state index is -0.698. The smallest absolute Gasteiger partial charge is 0.0713 e. The van der Waals surface area contributed by atoms with Gasteiger partial charge in [0.2, 0.25) is 0 Å². The number of hydrogen-bond donors (Lipinski definition) is 0. The van der Waals surface area contributed by atoms with Crippen LogP contribution >= 0.6 is 0 Å². The third kappa shape index (κ3) is 7.02. The van der Waals surface area contributed by atoms with E-state index in [4.69, 9.17) is 0 Å². The SMILES string of the molecule is CC1(C)c2c(N(c3ccc(-c4ccccc4)cc3)c3cccc4ccccc34)ccc3c2-c2c(ccc(N(c4ccccc4)c4ccc(-c5ccccc5)cc4)c21)C(c1ccccc1)(c1ccccc1)c1ccccc1-3. The van der Waals surface area contributed by atoms with E-state index >= 15 is 0 Å². The van der Waals surface area contributed by atoms with Crippen LogP contribution in [0.2, 0.25) is 0 Å². The minimum absolute atomic E-state index is 0.559. The highest BCUT2D eigenvalue weighted by atomic mass is 15.2. The van der Waals surface area contributed by atoms with Gasteiger partial charge in [-0.05, 0) is 138 Å². The fourth-order valence-corrected chi connectivity index (χ4v) is 13.0. The first kappa shape index (κ1) is 45.1. The van der Waals surface area contributed by atoms with Crippen LogP contribution in [0.5, 0.6) is 0 Å². The van der Waals surface area contributed by atoms with Crippen molar-refractivity contribution in [2.24, 2.45) is 0 Å². The first-order valence-electron chi connectivity index (χ1n) is 26.5. The number of rotatable bonds is 10. The van der Waals surface area contributed by atoms with E-state index in [2.05, 4.69) is 315 Å². The van der Waals surface area contributed by atoms with E-state index in [1.165, 1.54) is 88.7 Å². The topological polar surface area (TPSA) is 6.48 Å². The van der Waals surface area contributed by atoms with E-state index in [0.29, 0.717) is 0 Å². The Bertz CT molecular complexity index is 4050. The van der Waals surface area contributed by atoms with Gasteiger partial charge in [0, 0.05) is 27.9 Å². The second kappa shape index (κ2) is 18.2. The van der Waals surface area contributed by atoms with Crippen molar-refractivity contribution in [1.82, 2.24) is 0 Å². The Balaban J connectivity index is 1.11. The number of hydrogen-bond acceptors (Lipinski definition) is 2. The van der Waals surface area contributed by atoms with E-state index in [1.54, 1.807) is 0 Å². The summed E-state index contributed by atoms with van der Waals surface area (Å²) in [6.45, 7) is 4.97. The van der Waals surface area contributed by atoms with E-state index in [9.17, 15) is 0 Å². The minimum Gasteiger partial charge on any atom is -0.310 e. The Labute approximate surface area is 446 Å². The number of anilines is 6. The van der Waals surface area contributed by atoms with Crippen molar-refractivity contribution in [2.75, 3.05) is 9.80 Å². The molecule has 0 unspecified atom stereocenters. The van der Waals surface area contributed by atoms with Crippen molar-refractivity contribution in [3.05, 3.63) is 325 Å². The van der Waals surface area contributed by atoms with Crippen molar-refractivity contribution in [3.8, 4) is 44.5 Å². The molecule has 0 fully saturated rings. The van der Waals surface area contributed by atoms with Gasteiger partial charge in [-0.1, -0.05) is 250 Å². The van der Waals surface area contributed by atoms with Crippen LogP contribution in [-0.4, -0.2) is 0 Å². The summed E-state index contributed by atoms with van der Waals surface area (Å²) in [4.78, 5) is 5.06. The highest BCUT2D eigenvalue weighted by Gasteiger charge is 2.51. The maximum atomic E-state index is 2.55. The molecule has 0 spiro atoms. The maximum Gasteiger partial charge on any atom is 0.0713 e. The number of nitrogens with zero attached hydrogens (tertiary/aromatic N) is 2. The van der Waals surface area contributed by atoms with Gasteiger partial charge in [-0.2, -0.15) is 0 Å². The summed E-state index contributed by atoms with van der Waals surface area (Å²) in [5.41, 5.74) is 22.9. The average Bonchev–Trinajstić information content (AvgIpc) is 3.90. The normalized spacial score (nSPS) is 13.3. The van der Waals surface area contributed by atoms with Crippen LogP contribution in [0.4, 0.5) is 34.1 Å². The molecule has 12 aromatic carbocycles. The summed E-state index contributed by atoms with van der Waals surface area (Å²) in [6, 6.07) is 108. The lowest BCUT2D eigenvalue weighted by atomic mass is 9.63. The van der Waals surface area contributed by atoms with Crippen molar-refractivity contribution < 1.29 is 0 Å². The zero-order valence-corrected chi connectivity index (χ0v) is 42.6. The van der Waals surface area contributed by atoms with E-state index in [-0.39, 0.29) is 0 Å². The second-order valence-electron chi connectivity index (χ2n) is 20.7. The summed E-state index contributed by atoms with van der Waals surface area (Å²) >= 11 is 0. The molecule has 0 aromatic heterocycles. The Morgan fingerprint density at radius 2 is 0.724 bits per heavy atom. The molecule has 0 saturated carbocycles. The number of fused-ring (bicyclic) bond motifs is 3. The summed E-state index contributed by atoms with van der Waals surface area (Å²) in [7, 11) is 0. The zero-order valence-electron chi connectivity index (χ0n) is 42.6. The molecule has 2 aliphatic rings. The largest absolute Gasteiger partial charge is 0.310 e. The molecular weight excluding hydrogens is 917 g/mol. The van der Waals surface area contributed by atoms with E-state index < -0.39 is 10.8 Å². The second-order valence-corrected chi connectivity index (χ2v) is 20.7. The lowest BCUT2D eigenvalue weighted by molar-refractivity contribution is 0.658. The fraction of sp³-hybridized carbons (Fsp3) is 0.0541. The Kier molecular flexibility index (Phi) is 10.8. The van der Waals surface area contributed by atoms with Gasteiger partial charge in [0.15, 0.2) is 0 Å². The van der Waals surface area contributed by atoms with Crippen molar-refractivity contribution >= 4 is 44.9 Å². The highest BCUT2D eigenvalue weighted by molar-refractivity contribution is 6.07. The molecule has 76 heavy (non-hydrogen) atoms. The van der Waals surface area contributed by atoms with Gasteiger partial charge in [-0.15, -0.1) is 0 Å². The van der Waals surface area contributed by atoms with Gasteiger partial charge >= 0.3 is 0 Å². The molecule has 0 atom stereocenters. The van der Waals surface area contributed by atoms with Crippen LogP contribution in [0, 0.1) is 0 Å². The molecule has 2 heteroatoms. The average molecular weight is 971 g/mol. The number of para-hydroxylation sites is 1. The molecule has 0 amide bonds. The lowest BCUT2D eigenvalue weighted by Gasteiger charge is -2.40. The van der Waals surface area contributed by atoms with Crippen LogP contribution in [0.15, 0.2) is 291 Å². The van der Waals surface area contributed by atoms with Crippen molar-refractivity contribution in [3.63, 3.8) is 0 Å². The molecular formula is C74H54N2. The predicted molar refractivity (Wildman–Crippen MR) is 319 cm³/mol. The van der Waals surface area contributed by atoms with Crippen LogP contribution in [0.1, 0.15) is 47.2 Å². The Hall–Kier alpha value is -9.50. The summed E-state index contributed by atoms with van der Waals surface area (Å²) in [5.74, 6) is 0. The van der Waals surface area contributed by atoms with Gasteiger partial charge in [0.25, 0.3) is 0 Å². The van der Waals surface area contributed by atoms with Crippen LogP contribution in [0.25, 0.3) is 55.3 Å². The van der Waals surface area contributed by atoms with Crippen LogP contribution in [-0.2, 0) is 10.8 Å². The van der Waals surface area contributed by atoms with Crippen molar-refractivity contribution in [2.45, 2.75) is 24.7 Å². The van der Waals surface area contributed by atoms with Crippen LogP contribution < -0.4 is 9.80 Å². The predicted octanol–water partition coefficient (Wildman–Crippen LogP) is 19.8. The molecule has 0 aliphatic heterocycles. The standard InChI is InChI=1S/C74H54N2/c1-73(2)71-68(76(66-38-22-28-55-27-18-19-35-61(55)66)60-45-41-54(42-46-60)52-25-10-4-11-26-52)49-47-63-62-36-20-21-37-64(62)74(56-29-12-5-13-30-56,57-31-14-6-15-32-57)65-48-50-67(72(73)70(65)69(63)71)75(58-33-16-7-17-34-58)59-43-39-53(40-44-59)51-23-8-3-9-24-51/h3-50H,1-2H3. The van der Waals surface area contributed by atoms with Gasteiger partial charge in [-0.3, -0.25) is 0 Å². The van der Waals surface area contributed by atoms with E-state index in [1.807, 2.05) is 0 Å². The Morgan fingerprint density at radius 1 is 0.276 bits per heavy atom. The molecule has 0 radical (unpaired) electrons. The summed E-state index contributed by atoms with van der Waals surface area (Å²) < 4.78 is 0. The molecule has 0 N–H and O–H groups in total. The molecule has 12 aromatic rings. The lowest BCUT2D eigenvalue weighted by Crippen LogP contribution is -2.32. The Morgan fingerprint density at radius 3 is 1.34 bits per heavy atom. The third-order valence-corrected chi connectivity index (χ3v) is 16.3. The molecule has 360 valence electrons. The molecule has 2 nitrogen and oxygen atoms in total. The van der Waals surface area contributed by atoms with E-state index in [0.717, 1.165) is 34.1 Å². The number of benzene rings is 12. The molecule has 14 rings (SSSR count). The van der Waals surface area contributed by atoms with Gasteiger partial charge in [-0.25, -0.2) is 0 Å². The zero-order chi connectivity index (χ0) is 50.8. The molecule has 0 saturated heterocycles. The molecule has 2 aliphatic carbocycles. The highest BCUT2D eigenvalue weighted by Crippen LogP contribution is 2.66. The fourth-order valence-electron chi connectivity index (χ4n) is 13.0. The molecule has 0 heterocycles. The first-order valence-corrected chi connectivity index (χ1v) is 26.5. The van der Waals surface area contributed by atoms with Crippen LogP contribution in [0.3, 0.4) is 0 Å². The summed E-state index contributed by atoms with van der Waals surface area (Å²) in [6.07, 6.45) is 0. The van der Waals surface area contributed by atoms with Gasteiger partial charge in [0.1, 0.15) is 0 Å². The monoisotopic (exact) mass is 970 g/mol. The first-order chi connectivity index (χ1) is 37.5. The van der Waals surface area contributed by atoms with Gasteiger partial charge in [0.05, 0.1) is 22.5 Å². The molecule has 0 bridgehead atoms. The maximum absolute atomic E-state index is 2.55. The quantitative estimate of drug-likeness (QED) is 0.135.